The van der Waals surface area contributed by atoms with Crippen LogP contribution in [0.1, 0.15) is 51.4 Å². The van der Waals surface area contributed by atoms with Crippen molar-refractivity contribution in [3.63, 3.8) is 0 Å². The summed E-state index contributed by atoms with van der Waals surface area (Å²) in [5.41, 5.74) is 0. The van der Waals surface area contributed by atoms with Gasteiger partial charge in [0.05, 0.1) is 0 Å². The first kappa shape index (κ1) is 9.57. The smallest absolute Gasteiger partial charge is 0.0110 e. The van der Waals surface area contributed by atoms with Crippen LogP contribution in [0.15, 0.2) is 0 Å². The molecule has 82 valence electrons. The van der Waals surface area contributed by atoms with E-state index in [4.69, 9.17) is 0 Å². The van der Waals surface area contributed by atoms with Crippen molar-refractivity contribution in [3.05, 3.63) is 0 Å². The summed E-state index contributed by atoms with van der Waals surface area (Å²) in [7, 11) is 0.0763. The summed E-state index contributed by atoms with van der Waals surface area (Å²) in [5.74, 6) is 6.16. The van der Waals surface area contributed by atoms with Crippen molar-refractivity contribution in [2.45, 2.75) is 56.6 Å². The normalized spacial score (nSPS) is 32.3. The summed E-state index contributed by atoms with van der Waals surface area (Å²) in [4.78, 5) is 0. The average Bonchev–Trinajstić information content (AvgIpc) is 2.96. The van der Waals surface area contributed by atoms with E-state index in [0.717, 1.165) is 5.92 Å². The van der Waals surface area contributed by atoms with Crippen LogP contribution in [0.25, 0.3) is 0 Å². The fraction of sp³-hybridized carbons (Fsp3) is 1.00. The first-order valence-corrected chi connectivity index (χ1v) is 8.85. The maximum absolute atomic E-state index is 1.67. The fourth-order valence-corrected chi connectivity index (χ4v) is 7.16. The second kappa shape index (κ2) is 3.73. The monoisotopic (exact) mass is 212 g/mol. The molecule has 2 aliphatic carbocycles. The van der Waals surface area contributed by atoms with E-state index < -0.39 is 0 Å². The van der Waals surface area contributed by atoms with Gasteiger partial charge in [-0.15, -0.1) is 0 Å². The summed E-state index contributed by atoms with van der Waals surface area (Å²) < 4.78 is 0. The first-order valence-electron chi connectivity index (χ1n) is 6.64. The zero-order valence-corrected chi connectivity index (χ0v) is 10.2. The molecule has 0 bridgehead atoms. The van der Waals surface area contributed by atoms with Crippen LogP contribution < -0.4 is 0 Å². The molecule has 1 aliphatic heterocycles. The Kier molecular flexibility index (Phi) is 2.55. The van der Waals surface area contributed by atoms with Gasteiger partial charge >= 0.3 is 0 Å². The second-order valence-corrected chi connectivity index (χ2v) is 9.83. The summed E-state index contributed by atoms with van der Waals surface area (Å²) in [6.07, 6.45) is 12.6. The van der Waals surface area contributed by atoms with Crippen molar-refractivity contribution in [2.24, 2.45) is 5.92 Å². The quantitative estimate of drug-likeness (QED) is 0.462. The van der Waals surface area contributed by atoms with Crippen molar-refractivity contribution in [3.8, 4) is 0 Å². The molecule has 14 heavy (non-hydrogen) atoms. The Hall–Kier alpha value is 0.350. The maximum Gasteiger partial charge on any atom is -0.0110 e. The molecule has 0 unspecified atom stereocenters. The lowest BCUT2D eigenvalue weighted by atomic mass is 9.82. The molecule has 0 atom stereocenters. The Morgan fingerprint density at radius 1 is 0.929 bits per heavy atom. The Morgan fingerprint density at radius 3 is 2.21 bits per heavy atom. The van der Waals surface area contributed by atoms with Crippen molar-refractivity contribution < 1.29 is 0 Å². The van der Waals surface area contributed by atoms with E-state index in [1.54, 1.807) is 62.2 Å². The summed E-state index contributed by atoms with van der Waals surface area (Å²) in [6, 6.07) is 0. The van der Waals surface area contributed by atoms with Crippen LogP contribution in [-0.2, 0) is 0 Å². The molecule has 0 nitrogen and oxygen atoms in total. The molecule has 0 aromatic rings. The Balaban J connectivity index is 1.30. The van der Waals surface area contributed by atoms with E-state index in [2.05, 4.69) is 0 Å². The second-order valence-electron chi connectivity index (χ2n) is 5.72. The maximum atomic E-state index is 1.67. The predicted molar refractivity (Wildman–Crippen MR) is 66.4 cm³/mol. The van der Waals surface area contributed by atoms with E-state index in [9.17, 15) is 0 Å². The number of unbranched alkanes of at least 4 members (excludes halogenated alkanes) is 1. The molecule has 3 aliphatic rings. The first-order chi connectivity index (χ1) is 6.89. The van der Waals surface area contributed by atoms with Crippen LogP contribution in [0.4, 0.5) is 0 Å². The molecule has 0 aromatic heterocycles. The largest absolute Gasteiger partial charge is 0.237 e. The molecular formula is C13H24S. The Bertz CT molecular complexity index is 199. The van der Waals surface area contributed by atoms with Crippen LogP contribution in [0.2, 0.25) is 0 Å². The molecule has 0 spiro atoms. The molecule has 3 rings (SSSR count). The highest BCUT2D eigenvalue weighted by Gasteiger charge is 2.48. The molecule has 0 aromatic carbocycles. The van der Waals surface area contributed by atoms with Crippen LogP contribution in [0.5, 0.6) is 0 Å². The molecule has 0 amide bonds. The lowest BCUT2D eigenvalue weighted by Gasteiger charge is -2.26. The van der Waals surface area contributed by atoms with Crippen molar-refractivity contribution in [1.29, 1.82) is 0 Å². The third-order valence-corrected chi connectivity index (χ3v) is 9.04. The van der Waals surface area contributed by atoms with Gasteiger partial charge in [0.25, 0.3) is 0 Å². The molecule has 0 N–H and O–H groups in total. The van der Waals surface area contributed by atoms with Crippen molar-refractivity contribution in [2.75, 3.05) is 17.3 Å². The number of hydrogen-bond donors (Lipinski definition) is 0. The van der Waals surface area contributed by atoms with Gasteiger partial charge in [-0.3, -0.25) is 0 Å². The summed E-state index contributed by atoms with van der Waals surface area (Å²) >= 11 is 0. The third-order valence-electron chi connectivity index (χ3n) is 4.60. The molecular weight excluding hydrogens is 188 g/mol. The number of rotatable bonds is 6. The van der Waals surface area contributed by atoms with Gasteiger partial charge in [-0.05, 0) is 47.7 Å². The minimum absolute atomic E-state index is 0.0763. The average molecular weight is 212 g/mol. The van der Waals surface area contributed by atoms with E-state index >= 15 is 0 Å². The highest BCUT2D eigenvalue weighted by Crippen LogP contribution is 2.72. The van der Waals surface area contributed by atoms with Crippen molar-refractivity contribution >= 4 is 10.0 Å². The standard InChI is InChI=1S/C13H24S/c1(4-12-5-3-6-12)2-9-14(10-11-14)13-7-8-13/h12-13H,1-11H2. The highest BCUT2D eigenvalue weighted by molar-refractivity contribution is 8.40. The fourth-order valence-electron chi connectivity index (χ4n) is 2.98. The molecule has 2 saturated carbocycles. The summed E-state index contributed by atoms with van der Waals surface area (Å²) in [5, 5.41) is 1.27. The van der Waals surface area contributed by atoms with E-state index in [0.29, 0.717) is 0 Å². The Morgan fingerprint density at radius 2 is 1.71 bits per heavy atom. The SMILES string of the molecule is C(CCS1(C2CC2)CC1)CC1CCC1. The van der Waals surface area contributed by atoms with Gasteiger partial charge in [0.2, 0.25) is 0 Å². The van der Waals surface area contributed by atoms with Gasteiger partial charge < -0.3 is 0 Å². The zero-order valence-electron chi connectivity index (χ0n) is 9.34. The van der Waals surface area contributed by atoms with Crippen LogP contribution in [0, 0.1) is 5.92 Å². The van der Waals surface area contributed by atoms with Crippen molar-refractivity contribution in [1.82, 2.24) is 0 Å². The third kappa shape index (κ3) is 1.98. The lowest BCUT2D eigenvalue weighted by molar-refractivity contribution is 0.289. The minimum atomic E-state index is 0.0763. The van der Waals surface area contributed by atoms with Gasteiger partial charge in [-0.1, -0.05) is 32.1 Å². The Labute approximate surface area is 90.2 Å². The van der Waals surface area contributed by atoms with E-state index in [1.165, 1.54) is 11.7 Å². The van der Waals surface area contributed by atoms with Gasteiger partial charge in [-0.2, -0.15) is 0 Å². The zero-order chi connectivity index (χ0) is 9.43. The lowest BCUT2D eigenvalue weighted by Crippen LogP contribution is -2.10. The molecule has 1 heterocycles. The van der Waals surface area contributed by atoms with Crippen LogP contribution in [0.3, 0.4) is 0 Å². The molecule has 1 saturated heterocycles. The van der Waals surface area contributed by atoms with Crippen LogP contribution >= 0.6 is 10.0 Å². The molecule has 3 fully saturated rings. The minimum Gasteiger partial charge on any atom is -0.237 e. The van der Waals surface area contributed by atoms with Gasteiger partial charge in [0.15, 0.2) is 0 Å². The van der Waals surface area contributed by atoms with E-state index in [-0.39, 0.29) is 10.0 Å². The molecule has 0 radical (unpaired) electrons. The van der Waals surface area contributed by atoms with E-state index in [1.807, 2.05) is 0 Å². The number of hydrogen-bond acceptors (Lipinski definition) is 0. The molecule has 1 heteroatoms. The van der Waals surface area contributed by atoms with Gasteiger partial charge in [-0.25, -0.2) is 10.0 Å². The highest BCUT2D eigenvalue weighted by atomic mass is 32.3. The topological polar surface area (TPSA) is 0 Å². The van der Waals surface area contributed by atoms with Crippen LogP contribution in [-0.4, -0.2) is 22.5 Å². The van der Waals surface area contributed by atoms with Gasteiger partial charge in [0.1, 0.15) is 0 Å². The van der Waals surface area contributed by atoms with Gasteiger partial charge in [0, 0.05) is 0 Å². The summed E-state index contributed by atoms with van der Waals surface area (Å²) in [6.45, 7) is 0. The predicted octanol–water partition coefficient (Wildman–Crippen LogP) is 3.94.